The molecule has 2 rings (SSSR count). The number of nitrogens with zero attached hydrogens (tertiary/aromatic N) is 2. The molecule has 0 unspecified atom stereocenters. The predicted octanol–water partition coefficient (Wildman–Crippen LogP) is 0.677. The SMILES string of the molecule is CN=C(N)NCc1ccccc1CN1CCC(O)CC1. The average Bonchev–Trinajstić information content (AvgIpc) is 2.48. The fourth-order valence-corrected chi connectivity index (χ4v) is 2.47. The highest BCUT2D eigenvalue weighted by Crippen LogP contribution is 2.16. The molecule has 110 valence electrons. The number of aliphatic hydroxyl groups is 1. The standard InChI is InChI=1S/C15H24N4O/c1-17-15(16)18-10-12-4-2-3-5-13(12)11-19-8-6-14(20)7-9-19/h2-5,14,20H,6-11H2,1H3,(H3,16,17,18). The van der Waals surface area contributed by atoms with Crippen LogP contribution in [0.3, 0.4) is 0 Å². The number of hydrogen-bond donors (Lipinski definition) is 3. The van der Waals surface area contributed by atoms with Gasteiger partial charge in [0.1, 0.15) is 0 Å². The molecule has 4 N–H and O–H groups in total. The highest BCUT2D eigenvalue weighted by Gasteiger charge is 2.17. The van der Waals surface area contributed by atoms with Crippen molar-refractivity contribution in [2.75, 3.05) is 20.1 Å². The molecule has 0 aliphatic carbocycles. The van der Waals surface area contributed by atoms with Gasteiger partial charge in [-0.1, -0.05) is 24.3 Å². The lowest BCUT2D eigenvalue weighted by atomic mass is 10.0. The molecule has 0 aromatic heterocycles. The largest absolute Gasteiger partial charge is 0.393 e. The van der Waals surface area contributed by atoms with E-state index < -0.39 is 0 Å². The third kappa shape index (κ3) is 4.21. The minimum absolute atomic E-state index is 0.122. The lowest BCUT2D eigenvalue weighted by Crippen LogP contribution is -2.36. The van der Waals surface area contributed by atoms with E-state index in [2.05, 4.69) is 33.4 Å². The molecular formula is C15H24N4O. The molecule has 0 spiro atoms. The molecule has 1 saturated heterocycles. The molecule has 1 fully saturated rings. The van der Waals surface area contributed by atoms with Crippen molar-refractivity contribution < 1.29 is 5.11 Å². The summed E-state index contributed by atoms with van der Waals surface area (Å²) in [6, 6.07) is 8.38. The Morgan fingerprint density at radius 2 is 2.00 bits per heavy atom. The Bertz CT molecular complexity index is 453. The third-order valence-corrected chi connectivity index (χ3v) is 3.77. The Balaban J connectivity index is 1.97. The third-order valence-electron chi connectivity index (χ3n) is 3.77. The molecule has 1 aliphatic heterocycles. The van der Waals surface area contributed by atoms with Crippen LogP contribution in [0, 0.1) is 0 Å². The van der Waals surface area contributed by atoms with Crippen LogP contribution in [0.1, 0.15) is 24.0 Å². The van der Waals surface area contributed by atoms with Crippen molar-refractivity contribution in [2.45, 2.75) is 32.0 Å². The Morgan fingerprint density at radius 3 is 2.65 bits per heavy atom. The lowest BCUT2D eigenvalue weighted by molar-refractivity contribution is 0.0791. The van der Waals surface area contributed by atoms with Gasteiger partial charge in [-0.3, -0.25) is 9.89 Å². The van der Waals surface area contributed by atoms with Crippen LogP contribution in [0.5, 0.6) is 0 Å². The van der Waals surface area contributed by atoms with Crippen molar-refractivity contribution in [1.82, 2.24) is 10.2 Å². The van der Waals surface area contributed by atoms with E-state index in [-0.39, 0.29) is 6.10 Å². The molecule has 1 aromatic rings. The van der Waals surface area contributed by atoms with Gasteiger partial charge in [-0.25, -0.2) is 0 Å². The number of aliphatic imine (C=N–C) groups is 1. The first-order chi connectivity index (χ1) is 9.69. The number of benzene rings is 1. The van der Waals surface area contributed by atoms with E-state index in [1.165, 1.54) is 11.1 Å². The highest BCUT2D eigenvalue weighted by molar-refractivity contribution is 5.77. The molecular weight excluding hydrogens is 252 g/mol. The highest BCUT2D eigenvalue weighted by atomic mass is 16.3. The van der Waals surface area contributed by atoms with E-state index in [1.807, 2.05) is 6.07 Å². The number of hydrogen-bond acceptors (Lipinski definition) is 3. The minimum Gasteiger partial charge on any atom is -0.393 e. The first-order valence-electron chi connectivity index (χ1n) is 7.12. The molecule has 0 saturated carbocycles. The summed E-state index contributed by atoms with van der Waals surface area (Å²) in [5, 5.41) is 12.7. The van der Waals surface area contributed by atoms with Crippen LogP contribution in [0.2, 0.25) is 0 Å². The Morgan fingerprint density at radius 1 is 1.35 bits per heavy atom. The van der Waals surface area contributed by atoms with E-state index in [1.54, 1.807) is 7.05 Å². The summed E-state index contributed by atoms with van der Waals surface area (Å²) in [4.78, 5) is 6.29. The van der Waals surface area contributed by atoms with Crippen LogP contribution in [-0.2, 0) is 13.1 Å². The van der Waals surface area contributed by atoms with Gasteiger partial charge < -0.3 is 16.2 Å². The van der Waals surface area contributed by atoms with Crippen molar-refractivity contribution in [3.05, 3.63) is 35.4 Å². The number of nitrogens with two attached hydrogens (primary N) is 1. The molecule has 1 aromatic carbocycles. The summed E-state index contributed by atoms with van der Waals surface area (Å²) < 4.78 is 0. The number of piperidine rings is 1. The Labute approximate surface area is 120 Å². The van der Waals surface area contributed by atoms with Crippen molar-refractivity contribution in [3.8, 4) is 0 Å². The molecule has 1 heterocycles. The predicted molar refractivity (Wildman–Crippen MR) is 81.3 cm³/mol. The maximum Gasteiger partial charge on any atom is 0.188 e. The zero-order valence-electron chi connectivity index (χ0n) is 12.0. The van der Waals surface area contributed by atoms with Gasteiger partial charge in [0.2, 0.25) is 0 Å². The molecule has 0 amide bonds. The van der Waals surface area contributed by atoms with Crippen molar-refractivity contribution in [1.29, 1.82) is 0 Å². The van der Waals surface area contributed by atoms with Crippen LogP contribution in [0.15, 0.2) is 29.3 Å². The molecule has 1 aliphatic rings. The van der Waals surface area contributed by atoms with Gasteiger partial charge in [-0.15, -0.1) is 0 Å². The summed E-state index contributed by atoms with van der Waals surface area (Å²) in [5.41, 5.74) is 8.22. The molecule has 20 heavy (non-hydrogen) atoms. The number of rotatable bonds is 4. The van der Waals surface area contributed by atoms with Gasteiger partial charge >= 0.3 is 0 Å². The van der Waals surface area contributed by atoms with Crippen LogP contribution in [0.25, 0.3) is 0 Å². The van der Waals surface area contributed by atoms with Crippen LogP contribution < -0.4 is 11.1 Å². The van der Waals surface area contributed by atoms with E-state index in [9.17, 15) is 5.11 Å². The number of likely N-dealkylation sites (tertiary alicyclic amines) is 1. The number of guanidine groups is 1. The van der Waals surface area contributed by atoms with Gasteiger partial charge in [-0.05, 0) is 24.0 Å². The maximum atomic E-state index is 9.56. The quantitative estimate of drug-likeness (QED) is 0.558. The fraction of sp³-hybridized carbons (Fsp3) is 0.533. The second kappa shape index (κ2) is 7.26. The van der Waals surface area contributed by atoms with Gasteiger partial charge in [0.05, 0.1) is 6.10 Å². The second-order valence-electron chi connectivity index (χ2n) is 5.24. The monoisotopic (exact) mass is 276 g/mol. The van der Waals surface area contributed by atoms with Gasteiger partial charge in [0.25, 0.3) is 0 Å². The molecule has 0 atom stereocenters. The zero-order chi connectivity index (χ0) is 14.4. The fourth-order valence-electron chi connectivity index (χ4n) is 2.47. The van der Waals surface area contributed by atoms with E-state index in [0.29, 0.717) is 12.5 Å². The lowest BCUT2D eigenvalue weighted by Gasteiger charge is -2.30. The number of nitrogens with one attached hydrogen (secondary N) is 1. The maximum absolute atomic E-state index is 9.56. The Hall–Kier alpha value is -1.59. The van der Waals surface area contributed by atoms with Crippen LogP contribution >= 0.6 is 0 Å². The zero-order valence-corrected chi connectivity index (χ0v) is 12.0. The smallest absolute Gasteiger partial charge is 0.188 e. The van der Waals surface area contributed by atoms with Gasteiger partial charge in [0, 0.05) is 33.2 Å². The summed E-state index contributed by atoms with van der Waals surface area (Å²) in [5.74, 6) is 0.459. The van der Waals surface area contributed by atoms with E-state index >= 15 is 0 Å². The van der Waals surface area contributed by atoms with Crippen molar-refractivity contribution in [2.24, 2.45) is 10.7 Å². The average molecular weight is 276 g/mol. The van der Waals surface area contributed by atoms with Crippen molar-refractivity contribution in [3.63, 3.8) is 0 Å². The first-order valence-corrected chi connectivity index (χ1v) is 7.12. The molecule has 0 radical (unpaired) electrons. The van der Waals surface area contributed by atoms with Gasteiger partial charge in [-0.2, -0.15) is 0 Å². The van der Waals surface area contributed by atoms with E-state index in [4.69, 9.17) is 5.73 Å². The summed E-state index contributed by atoms with van der Waals surface area (Å²) in [6.45, 7) is 3.53. The topological polar surface area (TPSA) is 73.9 Å². The first kappa shape index (κ1) is 14.8. The second-order valence-corrected chi connectivity index (χ2v) is 5.24. The summed E-state index contributed by atoms with van der Waals surface area (Å²) in [7, 11) is 1.67. The molecule has 5 heteroatoms. The van der Waals surface area contributed by atoms with Gasteiger partial charge in [0.15, 0.2) is 5.96 Å². The summed E-state index contributed by atoms with van der Waals surface area (Å²) >= 11 is 0. The van der Waals surface area contributed by atoms with E-state index in [0.717, 1.165) is 32.5 Å². The van der Waals surface area contributed by atoms with Crippen LogP contribution in [0.4, 0.5) is 0 Å². The normalized spacial score (nSPS) is 18.2. The van der Waals surface area contributed by atoms with Crippen LogP contribution in [-0.4, -0.2) is 42.2 Å². The minimum atomic E-state index is -0.122. The van der Waals surface area contributed by atoms with Crippen molar-refractivity contribution >= 4 is 5.96 Å². The summed E-state index contributed by atoms with van der Waals surface area (Å²) in [6.07, 6.45) is 1.62. The Kier molecular flexibility index (Phi) is 5.38. The molecule has 5 nitrogen and oxygen atoms in total. The number of aliphatic hydroxyl groups excluding tert-OH is 1. The molecule has 0 bridgehead atoms.